The Morgan fingerprint density at radius 2 is 2.15 bits per heavy atom. The summed E-state index contributed by atoms with van der Waals surface area (Å²) >= 11 is 0. The molecule has 2 N–H and O–H groups in total. The monoisotopic (exact) mass is 282 g/mol. The normalized spacial score (nSPS) is 42.6. The van der Waals surface area contributed by atoms with Crippen molar-refractivity contribution in [2.45, 2.75) is 75.7 Å². The molecule has 4 nitrogen and oxygen atoms in total. The Morgan fingerprint density at radius 3 is 2.95 bits per heavy atom. The Labute approximate surface area is 123 Å². The number of fused-ring (bicyclic) bond motifs is 1. The SMILES string of the molecule is CCCC1CC(CN)(N2CCOC3CCCC32)CCO1. The van der Waals surface area contributed by atoms with Crippen LogP contribution in [0.25, 0.3) is 0 Å². The highest BCUT2D eigenvalue weighted by atomic mass is 16.5. The highest BCUT2D eigenvalue weighted by Crippen LogP contribution is 2.39. The molecule has 3 rings (SSSR count). The molecular formula is C16H30N2O2. The maximum Gasteiger partial charge on any atom is 0.0731 e. The third-order valence-electron chi connectivity index (χ3n) is 5.61. The summed E-state index contributed by atoms with van der Waals surface area (Å²) < 4.78 is 11.9. The van der Waals surface area contributed by atoms with E-state index in [4.69, 9.17) is 15.2 Å². The predicted molar refractivity (Wildman–Crippen MR) is 79.8 cm³/mol. The van der Waals surface area contributed by atoms with Gasteiger partial charge in [0, 0.05) is 31.3 Å². The molecule has 2 saturated heterocycles. The Balaban J connectivity index is 1.76. The molecule has 4 heteroatoms. The van der Waals surface area contributed by atoms with E-state index in [1.807, 2.05) is 0 Å². The lowest BCUT2D eigenvalue weighted by molar-refractivity contribution is -0.138. The van der Waals surface area contributed by atoms with Crippen molar-refractivity contribution in [3.8, 4) is 0 Å². The molecule has 4 atom stereocenters. The molecule has 3 aliphatic rings. The summed E-state index contributed by atoms with van der Waals surface area (Å²) in [4.78, 5) is 2.72. The van der Waals surface area contributed by atoms with Gasteiger partial charge >= 0.3 is 0 Å². The lowest BCUT2D eigenvalue weighted by atomic mass is 9.81. The van der Waals surface area contributed by atoms with Crippen LogP contribution >= 0.6 is 0 Å². The molecule has 1 saturated carbocycles. The highest BCUT2D eigenvalue weighted by molar-refractivity contribution is 5.03. The number of morpholine rings is 1. The van der Waals surface area contributed by atoms with Crippen molar-refractivity contribution >= 4 is 0 Å². The zero-order valence-corrected chi connectivity index (χ0v) is 12.9. The van der Waals surface area contributed by atoms with Crippen LogP contribution in [0.3, 0.4) is 0 Å². The lowest BCUT2D eigenvalue weighted by Gasteiger charge is -2.53. The van der Waals surface area contributed by atoms with E-state index < -0.39 is 0 Å². The summed E-state index contributed by atoms with van der Waals surface area (Å²) in [6.45, 7) is 5.81. The average Bonchev–Trinajstić information content (AvgIpc) is 2.96. The van der Waals surface area contributed by atoms with Crippen LogP contribution in [0.2, 0.25) is 0 Å². The predicted octanol–water partition coefficient (Wildman–Crippen LogP) is 1.92. The van der Waals surface area contributed by atoms with Crippen molar-refractivity contribution in [2.24, 2.45) is 5.73 Å². The highest BCUT2D eigenvalue weighted by Gasteiger charge is 2.48. The number of nitrogens with two attached hydrogens (primary N) is 1. The van der Waals surface area contributed by atoms with Gasteiger partial charge in [0.1, 0.15) is 0 Å². The molecule has 4 unspecified atom stereocenters. The molecule has 3 fully saturated rings. The second-order valence-corrected chi connectivity index (χ2v) is 6.76. The standard InChI is InChI=1S/C16H30N2O2/c1-2-4-13-11-16(12-17,7-9-19-13)18-8-10-20-15-6-3-5-14(15)18/h13-15H,2-12,17H2,1H3. The Bertz CT molecular complexity index is 324. The number of hydrogen-bond donors (Lipinski definition) is 1. The summed E-state index contributed by atoms with van der Waals surface area (Å²) in [5.41, 5.74) is 6.43. The van der Waals surface area contributed by atoms with Gasteiger partial charge in [-0.1, -0.05) is 13.3 Å². The van der Waals surface area contributed by atoms with Crippen molar-refractivity contribution in [2.75, 3.05) is 26.3 Å². The van der Waals surface area contributed by atoms with Gasteiger partial charge in [0.05, 0.1) is 18.8 Å². The molecule has 0 spiro atoms. The minimum atomic E-state index is 0.162. The summed E-state index contributed by atoms with van der Waals surface area (Å²) in [7, 11) is 0. The molecule has 2 aliphatic heterocycles. The average molecular weight is 282 g/mol. The first-order valence-corrected chi connectivity index (χ1v) is 8.49. The van der Waals surface area contributed by atoms with E-state index in [0.717, 1.165) is 39.1 Å². The molecule has 0 bridgehead atoms. The second-order valence-electron chi connectivity index (χ2n) is 6.76. The van der Waals surface area contributed by atoms with Crippen LogP contribution in [0, 0.1) is 0 Å². The molecule has 0 amide bonds. The molecular weight excluding hydrogens is 252 g/mol. The maximum absolute atomic E-state index is 6.27. The second kappa shape index (κ2) is 6.30. The number of rotatable bonds is 4. The van der Waals surface area contributed by atoms with Crippen LogP contribution in [0.1, 0.15) is 51.9 Å². The fourth-order valence-electron chi connectivity index (χ4n) is 4.59. The van der Waals surface area contributed by atoms with E-state index >= 15 is 0 Å². The first-order valence-electron chi connectivity index (χ1n) is 8.49. The maximum atomic E-state index is 6.27. The molecule has 0 aromatic carbocycles. The smallest absolute Gasteiger partial charge is 0.0731 e. The van der Waals surface area contributed by atoms with Gasteiger partial charge in [0.25, 0.3) is 0 Å². The first-order chi connectivity index (χ1) is 9.79. The fraction of sp³-hybridized carbons (Fsp3) is 1.00. The fourth-order valence-corrected chi connectivity index (χ4v) is 4.59. The summed E-state index contributed by atoms with van der Waals surface area (Å²) in [5, 5.41) is 0. The van der Waals surface area contributed by atoms with Gasteiger partial charge < -0.3 is 15.2 Å². The van der Waals surface area contributed by atoms with E-state index in [0.29, 0.717) is 18.2 Å². The van der Waals surface area contributed by atoms with E-state index in [-0.39, 0.29) is 5.54 Å². The summed E-state index contributed by atoms with van der Waals surface area (Å²) in [5.74, 6) is 0. The van der Waals surface area contributed by atoms with Crippen molar-refractivity contribution < 1.29 is 9.47 Å². The van der Waals surface area contributed by atoms with Gasteiger partial charge in [-0.2, -0.15) is 0 Å². The van der Waals surface area contributed by atoms with Gasteiger partial charge in [-0.25, -0.2) is 0 Å². The third-order valence-corrected chi connectivity index (χ3v) is 5.61. The Kier molecular flexibility index (Phi) is 4.65. The summed E-state index contributed by atoms with van der Waals surface area (Å²) in [6, 6.07) is 0.604. The van der Waals surface area contributed by atoms with E-state index in [2.05, 4.69) is 11.8 Å². The molecule has 20 heavy (non-hydrogen) atoms. The van der Waals surface area contributed by atoms with Gasteiger partial charge in [0.2, 0.25) is 0 Å². The molecule has 0 aromatic rings. The number of ether oxygens (including phenoxy) is 2. The van der Waals surface area contributed by atoms with Gasteiger partial charge in [0.15, 0.2) is 0 Å². The van der Waals surface area contributed by atoms with Crippen LogP contribution in [-0.4, -0.2) is 55.0 Å². The Morgan fingerprint density at radius 1 is 1.25 bits per heavy atom. The number of nitrogens with zero attached hydrogens (tertiary/aromatic N) is 1. The van der Waals surface area contributed by atoms with Crippen molar-refractivity contribution in [3.05, 3.63) is 0 Å². The van der Waals surface area contributed by atoms with Crippen LogP contribution in [-0.2, 0) is 9.47 Å². The molecule has 1 aliphatic carbocycles. The minimum Gasteiger partial charge on any atom is -0.378 e. The first kappa shape index (κ1) is 14.8. The van der Waals surface area contributed by atoms with Crippen LogP contribution in [0.4, 0.5) is 0 Å². The van der Waals surface area contributed by atoms with E-state index in [1.165, 1.54) is 32.1 Å². The molecule has 0 aromatic heterocycles. The lowest BCUT2D eigenvalue weighted by Crippen LogP contribution is -2.65. The quantitative estimate of drug-likeness (QED) is 0.856. The van der Waals surface area contributed by atoms with Crippen molar-refractivity contribution in [1.82, 2.24) is 4.90 Å². The van der Waals surface area contributed by atoms with Crippen LogP contribution in [0.15, 0.2) is 0 Å². The Hall–Kier alpha value is -0.160. The van der Waals surface area contributed by atoms with Gasteiger partial charge in [-0.3, -0.25) is 4.90 Å². The molecule has 0 radical (unpaired) electrons. The number of hydrogen-bond acceptors (Lipinski definition) is 4. The zero-order chi connectivity index (χ0) is 14.0. The van der Waals surface area contributed by atoms with Crippen LogP contribution < -0.4 is 5.73 Å². The largest absolute Gasteiger partial charge is 0.378 e. The molecule has 2 heterocycles. The van der Waals surface area contributed by atoms with Gasteiger partial charge in [-0.15, -0.1) is 0 Å². The van der Waals surface area contributed by atoms with E-state index in [1.54, 1.807) is 0 Å². The molecule has 116 valence electrons. The van der Waals surface area contributed by atoms with E-state index in [9.17, 15) is 0 Å². The van der Waals surface area contributed by atoms with Crippen LogP contribution in [0.5, 0.6) is 0 Å². The zero-order valence-electron chi connectivity index (χ0n) is 12.9. The topological polar surface area (TPSA) is 47.7 Å². The van der Waals surface area contributed by atoms with Crippen molar-refractivity contribution in [3.63, 3.8) is 0 Å². The third kappa shape index (κ3) is 2.63. The minimum absolute atomic E-state index is 0.162. The van der Waals surface area contributed by atoms with Gasteiger partial charge in [-0.05, 0) is 38.5 Å². The summed E-state index contributed by atoms with van der Waals surface area (Å²) in [6.07, 6.45) is 9.25. The van der Waals surface area contributed by atoms with Crippen molar-refractivity contribution in [1.29, 1.82) is 0 Å².